The molecule has 1 fully saturated rings. The number of rotatable bonds is 2. The van der Waals surface area contributed by atoms with E-state index in [-0.39, 0.29) is 5.82 Å². The molecule has 3 heteroatoms. The van der Waals surface area contributed by atoms with Gasteiger partial charge in [-0.2, -0.15) is 0 Å². The van der Waals surface area contributed by atoms with Gasteiger partial charge in [-0.05, 0) is 44.7 Å². The third-order valence-electron chi connectivity index (χ3n) is 3.56. The van der Waals surface area contributed by atoms with Gasteiger partial charge in [-0.15, -0.1) is 0 Å². The average Bonchev–Trinajstić information content (AvgIpc) is 2.40. The van der Waals surface area contributed by atoms with Crippen LogP contribution < -0.4 is 4.90 Å². The smallest absolute Gasteiger partial charge is 0.123 e. The molecule has 0 N–H and O–H groups in total. The summed E-state index contributed by atoms with van der Waals surface area (Å²) < 4.78 is 13.0. The van der Waals surface area contributed by atoms with Crippen LogP contribution in [-0.4, -0.2) is 37.1 Å². The van der Waals surface area contributed by atoms with Gasteiger partial charge in [-0.25, -0.2) is 4.39 Å². The number of hydrogen-bond acceptors (Lipinski definition) is 2. The van der Waals surface area contributed by atoms with Crippen LogP contribution in [0, 0.1) is 5.82 Å². The predicted octanol–water partition coefficient (Wildman–Crippen LogP) is 4.16. The highest BCUT2D eigenvalue weighted by Crippen LogP contribution is 2.25. The molecule has 1 saturated heterocycles. The molecule has 2 atom stereocenters. The Kier molecular flexibility index (Phi) is 7.00. The Morgan fingerprint density at radius 2 is 1.65 bits per heavy atom. The summed E-state index contributed by atoms with van der Waals surface area (Å²) in [7, 11) is 2.17. The maximum absolute atomic E-state index is 13.0. The Morgan fingerprint density at radius 3 is 2.15 bits per heavy atom. The van der Waals surface area contributed by atoms with Crippen LogP contribution in [0.1, 0.15) is 40.5 Å². The Labute approximate surface area is 123 Å². The van der Waals surface area contributed by atoms with Crippen molar-refractivity contribution >= 4 is 5.69 Å². The second-order valence-corrected chi connectivity index (χ2v) is 5.72. The molecule has 0 amide bonds. The van der Waals surface area contributed by atoms with Crippen LogP contribution in [0.2, 0.25) is 0 Å². The van der Waals surface area contributed by atoms with Crippen molar-refractivity contribution in [1.82, 2.24) is 4.90 Å². The van der Waals surface area contributed by atoms with Gasteiger partial charge in [0.25, 0.3) is 0 Å². The number of likely N-dealkylation sites (N-methyl/N-ethyl adjacent to an activating group) is 1. The van der Waals surface area contributed by atoms with Gasteiger partial charge in [-0.1, -0.05) is 27.2 Å². The zero-order valence-electron chi connectivity index (χ0n) is 13.6. The van der Waals surface area contributed by atoms with Crippen molar-refractivity contribution in [3.05, 3.63) is 30.1 Å². The van der Waals surface area contributed by atoms with Crippen LogP contribution in [0.15, 0.2) is 24.3 Å². The molecule has 1 aliphatic rings. The first kappa shape index (κ1) is 17.0. The SMILES string of the molecule is CCC.CCC1CN(C)CC(C)N1c1ccc(F)cc1. The first-order chi connectivity index (χ1) is 9.53. The molecule has 1 aromatic rings. The van der Waals surface area contributed by atoms with Crippen LogP contribution in [0.5, 0.6) is 0 Å². The van der Waals surface area contributed by atoms with E-state index in [0.717, 1.165) is 25.2 Å². The van der Waals surface area contributed by atoms with Crippen LogP contribution >= 0.6 is 0 Å². The summed E-state index contributed by atoms with van der Waals surface area (Å²) in [6.07, 6.45) is 2.37. The maximum atomic E-state index is 13.0. The van der Waals surface area contributed by atoms with Crippen molar-refractivity contribution in [3.8, 4) is 0 Å². The Bertz CT molecular complexity index is 377. The summed E-state index contributed by atoms with van der Waals surface area (Å²) in [5.74, 6) is -0.163. The van der Waals surface area contributed by atoms with Gasteiger partial charge >= 0.3 is 0 Å². The fourth-order valence-corrected chi connectivity index (χ4v) is 2.83. The maximum Gasteiger partial charge on any atom is 0.123 e. The molecule has 0 bridgehead atoms. The second-order valence-electron chi connectivity index (χ2n) is 5.72. The summed E-state index contributed by atoms with van der Waals surface area (Å²) >= 11 is 0. The number of piperazine rings is 1. The molecule has 0 radical (unpaired) electrons. The highest BCUT2D eigenvalue weighted by atomic mass is 19.1. The summed E-state index contributed by atoms with van der Waals surface area (Å²) in [6, 6.07) is 7.87. The number of halogens is 1. The van der Waals surface area contributed by atoms with Crippen molar-refractivity contribution in [2.24, 2.45) is 0 Å². The molecule has 0 aromatic heterocycles. The lowest BCUT2D eigenvalue weighted by Crippen LogP contribution is -2.56. The molecule has 0 saturated carbocycles. The number of anilines is 1. The van der Waals surface area contributed by atoms with Gasteiger partial charge in [0.15, 0.2) is 0 Å². The van der Waals surface area contributed by atoms with E-state index in [0.29, 0.717) is 12.1 Å². The van der Waals surface area contributed by atoms with E-state index in [1.165, 1.54) is 6.42 Å². The lowest BCUT2D eigenvalue weighted by molar-refractivity contribution is 0.229. The highest BCUT2D eigenvalue weighted by Gasteiger charge is 2.29. The summed E-state index contributed by atoms with van der Waals surface area (Å²) in [6.45, 7) is 10.8. The van der Waals surface area contributed by atoms with E-state index in [1.54, 1.807) is 12.1 Å². The van der Waals surface area contributed by atoms with Gasteiger partial charge in [0.2, 0.25) is 0 Å². The Morgan fingerprint density at radius 1 is 1.10 bits per heavy atom. The van der Waals surface area contributed by atoms with Crippen molar-refractivity contribution in [2.75, 3.05) is 25.0 Å². The lowest BCUT2D eigenvalue weighted by Gasteiger charge is -2.46. The summed E-state index contributed by atoms with van der Waals surface area (Å²) in [4.78, 5) is 4.80. The largest absolute Gasteiger partial charge is 0.363 e. The van der Waals surface area contributed by atoms with Crippen LogP contribution in [0.25, 0.3) is 0 Å². The zero-order valence-corrected chi connectivity index (χ0v) is 13.6. The molecule has 2 unspecified atom stereocenters. The van der Waals surface area contributed by atoms with E-state index in [4.69, 9.17) is 0 Å². The standard InChI is InChI=1S/C14H21FN2.C3H8/c1-4-13-10-16(3)9-11(2)17(13)14-7-5-12(15)6-8-14;1-3-2/h5-8,11,13H,4,9-10H2,1-3H3;3H2,1-2H3. The number of hydrogen-bond donors (Lipinski definition) is 0. The van der Waals surface area contributed by atoms with Gasteiger partial charge in [-0.3, -0.25) is 0 Å². The molecule has 0 aliphatic carbocycles. The second kappa shape index (κ2) is 8.25. The van der Waals surface area contributed by atoms with Crippen molar-refractivity contribution in [1.29, 1.82) is 0 Å². The van der Waals surface area contributed by atoms with Crippen LogP contribution in [-0.2, 0) is 0 Å². The molecular weight excluding hydrogens is 251 g/mol. The molecule has 20 heavy (non-hydrogen) atoms. The fourth-order valence-electron chi connectivity index (χ4n) is 2.83. The molecule has 0 spiro atoms. The first-order valence-electron chi connectivity index (χ1n) is 7.75. The predicted molar refractivity (Wildman–Crippen MR) is 85.9 cm³/mol. The van der Waals surface area contributed by atoms with E-state index in [1.807, 2.05) is 12.1 Å². The summed E-state index contributed by atoms with van der Waals surface area (Å²) in [5, 5.41) is 0. The van der Waals surface area contributed by atoms with Crippen LogP contribution in [0.3, 0.4) is 0 Å². The van der Waals surface area contributed by atoms with E-state index < -0.39 is 0 Å². The molecule has 114 valence electrons. The molecule has 2 rings (SSSR count). The van der Waals surface area contributed by atoms with E-state index in [9.17, 15) is 4.39 Å². The van der Waals surface area contributed by atoms with Crippen molar-refractivity contribution in [3.63, 3.8) is 0 Å². The molecular formula is C17H29FN2. The minimum Gasteiger partial charge on any atom is -0.363 e. The quantitative estimate of drug-likeness (QED) is 0.802. The molecule has 2 nitrogen and oxygen atoms in total. The van der Waals surface area contributed by atoms with Gasteiger partial charge in [0, 0.05) is 30.9 Å². The Balaban J connectivity index is 0.000000612. The van der Waals surface area contributed by atoms with E-state index in [2.05, 4.69) is 44.5 Å². The zero-order chi connectivity index (χ0) is 15.1. The van der Waals surface area contributed by atoms with Gasteiger partial charge in [0.1, 0.15) is 5.82 Å². The molecule has 1 aromatic carbocycles. The summed E-state index contributed by atoms with van der Waals surface area (Å²) in [5.41, 5.74) is 1.14. The normalized spacial score (nSPS) is 23.2. The first-order valence-corrected chi connectivity index (χ1v) is 7.75. The highest BCUT2D eigenvalue weighted by molar-refractivity contribution is 5.49. The topological polar surface area (TPSA) is 6.48 Å². The van der Waals surface area contributed by atoms with Crippen LogP contribution in [0.4, 0.5) is 10.1 Å². The van der Waals surface area contributed by atoms with Gasteiger partial charge < -0.3 is 9.80 Å². The van der Waals surface area contributed by atoms with Crippen molar-refractivity contribution < 1.29 is 4.39 Å². The molecule has 1 heterocycles. The number of nitrogens with zero attached hydrogens (tertiary/aromatic N) is 2. The van der Waals surface area contributed by atoms with Crippen molar-refractivity contribution in [2.45, 2.75) is 52.6 Å². The average molecular weight is 280 g/mol. The number of benzene rings is 1. The monoisotopic (exact) mass is 280 g/mol. The third kappa shape index (κ3) is 4.48. The third-order valence-corrected chi connectivity index (χ3v) is 3.56. The molecule has 1 aliphatic heterocycles. The fraction of sp³-hybridized carbons (Fsp3) is 0.647. The van der Waals surface area contributed by atoms with Gasteiger partial charge in [0.05, 0.1) is 0 Å². The lowest BCUT2D eigenvalue weighted by atomic mass is 10.0. The minimum absolute atomic E-state index is 0.163. The Hall–Kier alpha value is -1.09. The minimum atomic E-state index is -0.163. The van der Waals surface area contributed by atoms with E-state index >= 15 is 0 Å².